The minimum Gasteiger partial charge on any atom is -0.493 e. The number of ether oxygens (including phenoxy) is 3. The van der Waals surface area contributed by atoms with E-state index in [1.807, 2.05) is 18.2 Å². The van der Waals surface area contributed by atoms with Crippen molar-refractivity contribution in [3.63, 3.8) is 0 Å². The summed E-state index contributed by atoms with van der Waals surface area (Å²) in [5, 5.41) is 7.37. The number of methoxy groups -OCH3 is 1. The van der Waals surface area contributed by atoms with Crippen LogP contribution in [0, 0.1) is 6.92 Å². The van der Waals surface area contributed by atoms with Crippen molar-refractivity contribution in [2.24, 2.45) is 0 Å². The van der Waals surface area contributed by atoms with E-state index in [2.05, 4.69) is 60.0 Å². The fourth-order valence-corrected chi connectivity index (χ4v) is 5.24. The van der Waals surface area contributed by atoms with Crippen molar-refractivity contribution in [2.45, 2.75) is 64.6 Å². The summed E-state index contributed by atoms with van der Waals surface area (Å²) in [5.74, 6) is 1.04. The Morgan fingerprint density at radius 2 is 1.80 bits per heavy atom. The molecule has 214 valence electrons. The molecule has 6 nitrogen and oxygen atoms in total. The molecule has 4 rings (SSSR count). The normalized spacial score (nSPS) is 17.3. The third-order valence-corrected chi connectivity index (χ3v) is 7.70. The van der Waals surface area contributed by atoms with Crippen LogP contribution in [0.4, 0.5) is 0 Å². The second-order valence-electron chi connectivity index (χ2n) is 10.2. The Hall–Kier alpha value is -3.06. The summed E-state index contributed by atoms with van der Waals surface area (Å²) in [7, 11) is 1.43. The molecule has 1 unspecified atom stereocenters. The summed E-state index contributed by atoms with van der Waals surface area (Å²) in [5.41, 5.74) is 5.54. The van der Waals surface area contributed by atoms with Crippen molar-refractivity contribution in [1.82, 2.24) is 10.6 Å². The molecular formula is C33H41ClN2O4. The lowest BCUT2D eigenvalue weighted by molar-refractivity contribution is -0.143. The van der Waals surface area contributed by atoms with Gasteiger partial charge in [-0.1, -0.05) is 66.6 Å². The molecule has 0 amide bonds. The molecule has 40 heavy (non-hydrogen) atoms. The molecule has 0 radical (unpaired) electrons. The van der Waals surface area contributed by atoms with E-state index in [1.54, 1.807) is 0 Å². The third kappa shape index (κ3) is 8.47. The maximum absolute atomic E-state index is 12.4. The lowest BCUT2D eigenvalue weighted by Gasteiger charge is -2.20. The molecule has 3 aromatic carbocycles. The van der Waals surface area contributed by atoms with Gasteiger partial charge < -0.3 is 24.8 Å². The second-order valence-corrected chi connectivity index (χ2v) is 10.7. The average Bonchev–Trinajstić information content (AvgIpc) is 2.97. The van der Waals surface area contributed by atoms with E-state index in [-0.39, 0.29) is 12.0 Å². The van der Waals surface area contributed by atoms with E-state index in [4.69, 9.17) is 25.8 Å². The summed E-state index contributed by atoms with van der Waals surface area (Å²) in [6.45, 7) is 5.51. The summed E-state index contributed by atoms with van der Waals surface area (Å²) in [4.78, 5) is 12.4. The molecule has 0 aromatic heterocycles. The van der Waals surface area contributed by atoms with Gasteiger partial charge in [0.25, 0.3) is 0 Å². The molecule has 1 atom stereocenters. The van der Waals surface area contributed by atoms with Crippen LogP contribution in [-0.4, -0.2) is 38.8 Å². The lowest BCUT2D eigenvalue weighted by Crippen LogP contribution is -2.37. The highest BCUT2D eigenvalue weighted by molar-refractivity contribution is 6.32. The highest BCUT2D eigenvalue weighted by Gasteiger charge is 2.20. The topological polar surface area (TPSA) is 68.8 Å². The number of rotatable bonds is 5. The summed E-state index contributed by atoms with van der Waals surface area (Å²) in [6.07, 6.45) is 5.83. The van der Waals surface area contributed by atoms with Crippen molar-refractivity contribution in [3.8, 4) is 22.6 Å². The Kier molecular flexibility index (Phi) is 11.7. The average molecular weight is 565 g/mol. The Balaban J connectivity index is 1.52. The van der Waals surface area contributed by atoms with Crippen LogP contribution in [0.5, 0.6) is 11.5 Å². The molecule has 3 aromatic rings. The van der Waals surface area contributed by atoms with Gasteiger partial charge in [-0.25, -0.2) is 0 Å². The predicted octanol–water partition coefficient (Wildman–Crippen LogP) is 6.85. The van der Waals surface area contributed by atoms with Crippen LogP contribution in [0.15, 0.2) is 60.7 Å². The van der Waals surface area contributed by atoms with Crippen molar-refractivity contribution in [2.75, 3.05) is 26.8 Å². The number of halogens is 1. The number of benzene rings is 3. The SMILES string of the molecule is COC(=O)C1CCCCNCCCCCOc2cc(OCc3cccc(-c4ccccc4)c3C)c(Cl)cc2CN1. The van der Waals surface area contributed by atoms with Gasteiger partial charge in [0, 0.05) is 18.2 Å². The number of carbonyl (C=O) groups excluding carboxylic acids is 1. The first kappa shape index (κ1) is 29.9. The van der Waals surface area contributed by atoms with Crippen molar-refractivity contribution >= 4 is 17.6 Å². The van der Waals surface area contributed by atoms with Crippen LogP contribution in [0.2, 0.25) is 5.02 Å². The fourth-order valence-electron chi connectivity index (χ4n) is 5.00. The van der Waals surface area contributed by atoms with E-state index in [0.29, 0.717) is 37.0 Å². The summed E-state index contributed by atoms with van der Waals surface area (Å²) >= 11 is 6.73. The van der Waals surface area contributed by atoms with Gasteiger partial charge in [0.15, 0.2) is 0 Å². The zero-order valence-electron chi connectivity index (χ0n) is 23.6. The van der Waals surface area contributed by atoms with E-state index < -0.39 is 0 Å². The van der Waals surface area contributed by atoms with Crippen molar-refractivity contribution in [1.29, 1.82) is 0 Å². The van der Waals surface area contributed by atoms with Gasteiger partial charge in [-0.2, -0.15) is 0 Å². The van der Waals surface area contributed by atoms with Gasteiger partial charge in [0.05, 0.1) is 18.7 Å². The molecule has 2 N–H and O–H groups in total. The maximum atomic E-state index is 12.4. The minimum absolute atomic E-state index is 0.254. The van der Waals surface area contributed by atoms with Gasteiger partial charge in [0.1, 0.15) is 24.1 Å². The van der Waals surface area contributed by atoms with Gasteiger partial charge in [-0.3, -0.25) is 4.79 Å². The number of esters is 1. The van der Waals surface area contributed by atoms with Crippen LogP contribution < -0.4 is 20.1 Å². The van der Waals surface area contributed by atoms with Crippen molar-refractivity contribution < 1.29 is 19.0 Å². The second kappa shape index (κ2) is 15.7. The Bertz CT molecular complexity index is 1230. The molecule has 1 heterocycles. The highest BCUT2D eigenvalue weighted by Crippen LogP contribution is 2.35. The summed E-state index contributed by atoms with van der Waals surface area (Å²) < 4.78 is 17.6. The van der Waals surface area contributed by atoms with E-state index in [9.17, 15) is 4.79 Å². The largest absolute Gasteiger partial charge is 0.493 e. The maximum Gasteiger partial charge on any atom is 0.322 e. The molecule has 1 aliphatic heterocycles. The molecule has 0 aliphatic carbocycles. The van der Waals surface area contributed by atoms with Gasteiger partial charge in [-0.05, 0) is 80.4 Å². The first-order valence-electron chi connectivity index (χ1n) is 14.3. The molecule has 0 fully saturated rings. The number of hydrogen-bond acceptors (Lipinski definition) is 6. The zero-order valence-corrected chi connectivity index (χ0v) is 24.4. The van der Waals surface area contributed by atoms with Crippen LogP contribution in [-0.2, 0) is 22.7 Å². The molecular weight excluding hydrogens is 524 g/mol. The Morgan fingerprint density at radius 1 is 1.00 bits per heavy atom. The zero-order chi connectivity index (χ0) is 28.2. The number of fused-ring (bicyclic) bond motifs is 1. The molecule has 0 saturated heterocycles. The van der Waals surface area contributed by atoms with E-state index in [0.717, 1.165) is 62.1 Å². The van der Waals surface area contributed by atoms with E-state index >= 15 is 0 Å². The van der Waals surface area contributed by atoms with Crippen LogP contribution in [0.3, 0.4) is 0 Å². The molecule has 0 saturated carbocycles. The molecule has 0 spiro atoms. The molecule has 0 bridgehead atoms. The molecule has 7 heteroatoms. The Labute approximate surface area is 243 Å². The number of hydrogen-bond donors (Lipinski definition) is 2. The van der Waals surface area contributed by atoms with Crippen LogP contribution >= 0.6 is 11.6 Å². The standard InChI is InChI=1S/C33H41ClN2O4/c1-24-26(14-11-15-28(24)25-12-5-3-6-13-25)23-40-32-21-31-27(20-29(32)34)22-36-30(33(37)38-2)16-7-9-18-35-17-8-4-10-19-39-31/h3,5-6,11-15,20-21,30,35-36H,4,7-10,16-19,22-23H2,1-2H3. The minimum atomic E-state index is -0.389. The van der Waals surface area contributed by atoms with Gasteiger partial charge in [0.2, 0.25) is 0 Å². The van der Waals surface area contributed by atoms with Crippen LogP contribution in [0.1, 0.15) is 55.2 Å². The number of carbonyl (C=O) groups is 1. The third-order valence-electron chi connectivity index (χ3n) is 7.41. The monoisotopic (exact) mass is 564 g/mol. The van der Waals surface area contributed by atoms with E-state index in [1.165, 1.54) is 23.8 Å². The van der Waals surface area contributed by atoms with Crippen molar-refractivity contribution in [3.05, 3.63) is 82.4 Å². The fraction of sp³-hybridized carbons (Fsp3) is 0.424. The van der Waals surface area contributed by atoms with Gasteiger partial charge >= 0.3 is 5.97 Å². The number of nitrogens with one attached hydrogen (secondary N) is 2. The first-order valence-corrected chi connectivity index (χ1v) is 14.7. The summed E-state index contributed by atoms with van der Waals surface area (Å²) in [6, 6.07) is 20.0. The smallest absolute Gasteiger partial charge is 0.322 e. The lowest BCUT2D eigenvalue weighted by atomic mass is 9.97. The first-order chi connectivity index (χ1) is 19.6. The molecule has 1 aliphatic rings. The Morgan fingerprint density at radius 3 is 2.60 bits per heavy atom. The quantitative estimate of drug-likeness (QED) is 0.330. The predicted molar refractivity (Wildman–Crippen MR) is 161 cm³/mol. The van der Waals surface area contributed by atoms with Crippen LogP contribution in [0.25, 0.3) is 11.1 Å². The highest BCUT2D eigenvalue weighted by atomic mass is 35.5. The van der Waals surface area contributed by atoms with Gasteiger partial charge in [-0.15, -0.1) is 0 Å².